The van der Waals surface area contributed by atoms with Gasteiger partial charge in [0.25, 0.3) is 0 Å². The average Bonchev–Trinajstić information content (AvgIpc) is 2.59. The van der Waals surface area contributed by atoms with E-state index in [1.807, 2.05) is 24.3 Å². The molecule has 0 radical (unpaired) electrons. The number of anilines is 1. The molecule has 0 aliphatic heterocycles. The highest BCUT2D eigenvalue weighted by molar-refractivity contribution is 5.90. The van der Waals surface area contributed by atoms with Gasteiger partial charge in [-0.05, 0) is 24.1 Å². The number of hydrogen-bond donors (Lipinski definition) is 2. The zero-order valence-electron chi connectivity index (χ0n) is 13.3. The third-order valence-electron chi connectivity index (χ3n) is 3.61. The molecule has 5 nitrogen and oxygen atoms in total. The number of pyridine rings is 1. The fourth-order valence-electron chi connectivity index (χ4n) is 2.37. The van der Waals surface area contributed by atoms with Crippen molar-refractivity contribution in [1.82, 2.24) is 9.88 Å². The molecule has 0 fully saturated rings. The summed E-state index contributed by atoms with van der Waals surface area (Å²) < 4.78 is 0. The molecule has 1 amide bonds. The molecule has 0 spiro atoms. The summed E-state index contributed by atoms with van der Waals surface area (Å²) in [5, 5.41) is 2.85. The first-order chi connectivity index (χ1) is 11.3. The molecule has 0 aliphatic carbocycles. The van der Waals surface area contributed by atoms with Crippen LogP contribution < -0.4 is 11.1 Å². The summed E-state index contributed by atoms with van der Waals surface area (Å²) in [6.45, 7) is 3.00. The molecule has 0 saturated heterocycles. The van der Waals surface area contributed by atoms with E-state index in [2.05, 4.69) is 27.3 Å². The van der Waals surface area contributed by atoms with Crippen LogP contribution >= 0.6 is 0 Å². The van der Waals surface area contributed by atoms with Gasteiger partial charge < -0.3 is 16.0 Å². The van der Waals surface area contributed by atoms with Gasteiger partial charge in [0.1, 0.15) is 0 Å². The zero-order valence-corrected chi connectivity index (χ0v) is 13.3. The Morgan fingerprint density at radius 2 is 1.91 bits per heavy atom. The lowest BCUT2D eigenvalue weighted by atomic mass is 10.1. The molecule has 23 heavy (non-hydrogen) atoms. The van der Waals surface area contributed by atoms with E-state index >= 15 is 0 Å². The molecular formula is C18H24N4O. The minimum atomic E-state index is -0.000248. The maximum atomic E-state index is 12.0. The Hall–Kier alpha value is -2.24. The van der Waals surface area contributed by atoms with Crippen LogP contribution in [0, 0.1) is 0 Å². The highest BCUT2D eigenvalue weighted by atomic mass is 16.1. The molecule has 1 aromatic heterocycles. The lowest BCUT2D eigenvalue weighted by Crippen LogP contribution is -2.34. The highest BCUT2D eigenvalue weighted by Gasteiger charge is 2.08. The van der Waals surface area contributed by atoms with Gasteiger partial charge >= 0.3 is 0 Å². The fraction of sp³-hybridized carbons (Fsp3) is 0.333. The van der Waals surface area contributed by atoms with E-state index in [0.717, 1.165) is 25.2 Å². The number of hydrogen-bond acceptors (Lipinski definition) is 4. The first kappa shape index (κ1) is 17.1. The maximum absolute atomic E-state index is 12.0. The van der Waals surface area contributed by atoms with Gasteiger partial charge in [0, 0.05) is 38.8 Å². The SMILES string of the molecule is NCCN(CCC(=O)Nc1cccnc1)CCc1ccccc1. The summed E-state index contributed by atoms with van der Waals surface area (Å²) >= 11 is 0. The molecule has 2 rings (SSSR count). The van der Waals surface area contributed by atoms with Gasteiger partial charge in [-0.3, -0.25) is 9.78 Å². The van der Waals surface area contributed by atoms with Crippen molar-refractivity contribution in [1.29, 1.82) is 0 Å². The van der Waals surface area contributed by atoms with Crippen molar-refractivity contribution in [2.45, 2.75) is 12.8 Å². The van der Waals surface area contributed by atoms with Crippen LogP contribution in [0.15, 0.2) is 54.9 Å². The van der Waals surface area contributed by atoms with Crippen molar-refractivity contribution in [2.24, 2.45) is 5.73 Å². The number of nitrogens with zero attached hydrogens (tertiary/aromatic N) is 2. The lowest BCUT2D eigenvalue weighted by molar-refractivity contribution is -0.116. The van der Waals surface area contributed by atoms with Crippen LogP contribution in [-0.2, 0) is 11.2 Å². The molecule has 0 saturated carbocycles. The third kappa shape index (κ3) is 6.59. The Bertz CT molecular complexity index is 574. The lowest BCUT2D eigenvalue weighted by Gasteiger charge is -2.21. The number of aromatic nitrogens is 1. The summed E-state index contributed by atoms with van der Waals surface area (Å²) in [7, 11) is 0. The molecule has 1 aromatic carbocycles. The third-order valence-corrected chi connectivity index (χ3v) is 3.61. The fourth-order valence-corrected chi connectivity index (χ4v) is 2.37. The number of benzene rings is 1. The largest absolute Gasteiger partial charge is 0.329 e. The van der Waals surface area contributed by atoms with Crippen LogP contribution in [0.4, 0.5) is 5.69 Å². The molecule has 0 aliphatic rings. The second-order valence-corrected chi connectivity index (χ2v) is 5.41. The van der Waals surface area contributed by atoms with Crippen LogP contribution in [0.2, 0.25) is 0 Å². The Labute approximate surface area is 137 Å². The van der Waals surface area contributed by atoms with Crippen molar-refractivity contribution < 1.29 is 4.79 Å². The second-order valence-electron chi connectivity index (χ2n) is 5.41. The van der Waals surface area contributed by atoms with Gasteiger partial charge in [-0.2, -0.15) is 0 Å². The van der Waals surface area contributed by atoms with E-state index in [1.165, 1.54) is 5.56 Å². The molecule has 0 unspecified atom stereocenters. The number of amides is 1. The van der Waals surface area contributed by atoms with Crippen LogP contribution in [0.3, 0.4) is 0 Å². The number of rotatable bonds is 9. The van der Waals surface area contributed by atoms with Gasteiger partial charge in [-0.15, -0.1) is 0 Å². The molecule has 3 N–H and O–H groups in total. The normalized spacial score (nSPS) is 10.7. The Kier molecular flexibility index (Phi) is 7.23. The average molecular weight is 312 g/mol. The Morgan fingerprint density at radius 3 is 2.61 bits per heavy atom. The number of nitrogens with two attached hydrogens (primary N) is 1. The Morgan fingerprint density at radius 1 is 1.09 bits per heavy atom. The van der Waals surface area contributed by atoms with Gasteiger partial charge in [-0.1, -0.05) is 30.3 Å². The van der Waals surface area contributed by atoms with Crippen molar-refractivity contribution in [3.8, 4) is 0 Å². The van der Waals surface area contributed by atoms with Gasteiger partial charge in [0.15, 0.2) is 0 Å². The van der Waals surface area contributed by atoms with Gasteiger partial charge in [0.2, 0.25) is 5.91 Å². The number of carbonyl (C=O) groups excluding carboxylic acids is 1. The summed E-state index contributed by atoms with van der Waals surface area (Å²) in [6, 6.07) is 14.0. The van der Waals surface area contributed by atoms with E-state index in [0.29, 0.717) is 19.5 Å². The summed E-state index contributed by atoms with van der Waals surface area (Å²) in [6.07, 6.45) is 4.74. The van der Waals surface area contributed by atoms with Crippen molar-refractivity contribution >= 4 is 11.6 Å². The van der Waals surface area contributed by atoms with Gasteiger partial charge in [-0.25, -0.2) is 0 Å². The smallest absolute Gasteiger partial charge is 0.225 e. The second kappa shape index (κ2) is 9.71. The molecule has 5 heteroatoms. The first-order valence-corrected chi connectivity index (χ1v) is 7.94. The number of nitrogens with one attached hydrogen (secondary N) is 1. The maximum Gasteiger partial charge on any atom is 0.225 e. The topological polar surface area (TPSA) is 71.2 Å². The van der Waals surface area contributed by atoms with Gasteiger partial charge in [0.05, 0.1) is 11.9 Å². The van der Waals surface area contributed by atoms with E-state index in [9.17, 15) is 4.79 Å². The molecule has 1 heterocycles. The summed E-state index contributed by atoms with van der Waals surface area (Å²) in [5.74, 6) is -0.000248. The van der Waals surface area contributed by atoms with Crippen molar-refractivity contribution in [3.05, 3.63) is 60.4 Å². The highest BCUT2D eigenvalue weighted by Crippen LogP contribution is 2.05. The predicted molar refractivity (Wildman–Crippen MR) is 93.1 cm³/mol. The standard InChI is InChI=1S/C18H24N4O/c19-10-14-22(12-8-16-5-2-1-3-6-16)13-9-18(23)21-17-7-4-11-20-15-17/h1-7,11,15H,8-10,12-14,19H2,(H,21,23). The zero-order chi connectivity index (χ0) is 16.3. The van der Waals surface area contributed by atoms with E-state index < -0.39 is 0 Å². The minimum absolute atomic E-state index is 0.000248. The number of carbonyl (C=O) groups is 1. The monoisotopic (exact) mass is 312 g/mol. The first-order valence-electron chi connectivity index (χ1n) is 7.94. The van der Waals surface area contributed by atoms with E-state index in [4.69, 9.17) is 5.73 Å². The van der Waals surface area contributed by atoms with Crippen molar-refractivity contribution in [2.75, 3.05) is 31.5 Å². The predicted octanol–water partition coefficient (Wildman–Crippen LogP) is 1.91. The molecule has 2 aromatic rings. The van der Waals surface area contributed by atoms with Crippen LogP contribution in [0.25, 0.3) is 0 Å². The van der Waals surface area contributed by atoms with E-state index in [-0.39, 0.29) is 5.91 Å². The summed E-state index contributed by atoms with van der Waals surface area (Å²) in [5.41, 5.74) is 7.71. The summed E-state index contributed by atoms with van der Waals surface area (Å²) in [4.78, 5) is 18.2. The minimum Gasteiger partial charge on any atom is -0.329 e. The van der Waals surface area contributed by atoms with E-state index in [1.54, 1.807) is 18.5 Å². The van der Waals surface area contributed by atoms with Crippen LogP contribution in [0.5, 0.6) is 0 Å². The van der Waals surface area contributed by atoms with Crippen molar-refractivity contribution in [3.63, 3.8) is 0 Å². The van der Waals surface area contributed by atoms with Crippen LogP contribution in [-0.4, -0.2) is 42.0 Å². The molecular weight excluding hydrogens is 288 g/mol. The van der Waals surface area contributed by atoms with Crippen LogP contribution in [0.1, 0.15) is 12.0 Å². The Balaban J connectivity index is 1.76. The quantitative estimate of drug-likeness (QED) is 0.742. The molecule has 0 atom stereocenters. The molecule has 122 valence electrons. The molecule has 0 bridgehead atoms.